The van der Waals surface area contributed by atoms with Crippen LogP contribution in [0, 0.1) is 11.8 Å². The van der Waals surface area contributed by atoms with Crippen LogP contribution in [0.2, 0.25) is 0 Å². The molecule has 0 aromatic heterocycles. The molecule has 0 radical (unpaired) electrons. The topological polar surface area (TPSA) is 78.9 Å². The van der Waals surface area contributed by atoms with Gasteiger partial charge in [-0.15, -0.1) is 0 Å². The zero-order valence-corrected chi connectivity index (χ0v) is 39.7. The van der Waals surface area contributed by atoms with Crippen LogP contribution in [-0.4, -0.2) is 37.2 Å². The van der Waals surface area contributed by atoms with Crippen molar-refractivity contribution in [2.24, 2.45) is 11.8 Å². The Kier molecular flexibility index (Phi) is 43.7. The Bertz CT molecular complexity index is 887. The number of rotatable bonds is 46. The van der Waals surface area contributed by atoms with Gasteiger partial charge in [-0.1, -0.05) is 247 Å². The van der Waals surface area contributed by atoms with E-state index in [1.165, 1.54) is 173 Å². The molecular weight excluding hydrogens is 721 g/mol. The van der Waals surface area contributed by atoms with Crippen molar-refractivity contribution in [2.75, 3.05) is 13.2 Å². The molecule has 0 rings (SSSR count). The second-order valence-corrected chi connectivity index (χ2v) is 18.5. The Balaban J connectivity index is 4.26. The molecule has 0 N–H and O–H groups in total. The van der Waals surface area contributed by atoms with Gasteiger partial charge in [0.1, 0.15) is 13.2 Å². The maximum atomic E-state index is 12.7. The van der Waals surface area contributed by atoms with Gasteiger partial charge >= 0.3 is 17.9 Å². The van der Waals surface area contributed by atoms with Gasteiger partial charge in [0.25, 0.3) is 0 Å². The van der Waals surface area contributed by atoms with Crippen LogP contribution in [0.1, 0.15) is 285 Å². The van der Waals surface area contributed by atoms with Gasteiger partial charge in [0.2, 0.25) is 0 Å². The lowest BCUT2D eigenvalue weighted by Crippen LogP contribution is -2.30. The van der Waals surface area contributed by atoms with E-state index in [9.17, 15) is 14.4 Å². The molecule has 6 nitrogen and oxygen atoms in total. The van der Waals surface area contributed by atoms with E-state index in [1.54, 1.807) is 0 Å². The number of carbonyl (C=O) groups is 3. The minimum Gasteiger partial charge on any atom is -0.462 e. The first kappa shape index (κ1) is 56.4. The number of unbranched alkanes of at least 4 members (excludes halogenated alkanes) is 30. The highest BCUT2D eigenvalue weighted by Crippen LogP contribution is 2.18. The van der Waals surface area contributed by atoms with Crippen molar-refractivity contribution in [3.8, 4) is 0 Å². The third-order valence-electron chi connectivity index (χ3n) is 12.1. The fraction of sp³-hybridized carbons (Fsp3) is 0.942. The van der Waals surface area contributed by atoms with Crippen molar-refractivity contribution in [1.82, 2.24) is 0 Å². The minimum atomic E-state index is -0.761. The van der Waals surface area contributed by atoms with Crippen molar-refractivity contribution in [2.45, 2.75) is 291 Å². The third kappa shape index (κ3) is 44.0. The molecule has 344 valence electrons. The maximum Gasteiger partial charge on any atom is 0.306 e. The van der Waals surface area contributed by atoms with Crippen LogP contribution in [0.4, 0.5) is 0 Å². The van der Waals surface area contributed by atoms with E-state index in [4.69, 9.17) is 14.2 Å². The molecule has 0 amide bonds. The van der Waals surface area contributed by atoms with Gasteiger partial charge in [0.05, 0.1) is 0 Å². The van der Waals surface area contributed by atoms with Crippen molar-refractivity contribution in [3.05, 3.63) is 0 Å². The number of carbonyl (C=O) groups excluding carboxylic acids is 3. The molecular formula is C52H100O6. The Labute approximate surface area is 361 Å². The second-order valence-electron chi connectivity index (χ2n) is 18.5. The molecule has 58 heavy (non-hydrogen) atoms. The number of hydrogen-bond donors (Lipinski definition) is 0. The summed E-state index contributed by atoms with van der Waals surface area (Å²) >= 11 is 0. The molecule has 0 aromatic carbocycles. The zero-order chi connectivity index (χ0) is 42.6. The van der Waals surface area contributed by atoms with E-state index in [2.05, 4.69) is 34.6 Å². The fourth-order valence-corrected chi connectivity index (χ4v) is 7.78. The van der Waals surface area contributed by atoms with Crippen LogP contribution in [0.25, 0.3) is 0 Å². The van der Waals surface area contributed by atoms with E-state index in [0.717, 1.165) is 69.6 Å². The standard InChI is InChI=1S/C52H100O6/c1-6-8-9-10-11-12-17-21-27-32-37-42-50(53)56-45-49(58-52(55)44-39-34-29-24-23-25-30-35-40-47(3)4)46-57-51(54)43-38-33-28-22-19-16-14-13-15-18-20-26-31-36-41-48(5)7-2/h47-49H,6-46H2,1-5H3/t48?,49-/m0/s1. The average molecular weight is 821 g/mol. The lowest BCUT2D eigenvalue weighted by molar-refractivity contribution is -0.167. The van der Waals surface area contributed by atoms with Crippen molar-refractivity contribution >= 4 is 17.9 Å². The summed E-state index contributed by atoms with van der Waals surface area (Å²) in [5.41, 5.74) is 0. The summed E-state index contributed by atoms with van der Waals surface area (Å²) in [5, 5.41) is 0. The second kappa shape index (κ2) is 44.9. The summed E-state index contributed by atoms with van der Waals surface area (Å²) in [5.74, 6) is 0.838. The van der Waals surface area contributed by atoms with Gasteiger partial charge in [0.15, 0.2) is 6.10 Å². The van der Waals surface area contributed by atoms with Crippen LogP contribution in [0.15, 0.2) is 0 Å². The van der Waals surface area contributed by atoms with E-state index < -0.39 is 6.10 Å². The molecule has 0 spiro atoms. The van der Waals surface area contributed by atoms with Crippen LogP contribution in [0.5, 0.6) is 0 Å². The van der Waals surface area contributed by atoms with Gasteiger partial charge in [-0.3, -0.25) is 14.4 Å². The predicted molar refractivity (Wildman–Crippen MR) is 247 cm³/mol. The summed E-state index contributed by atoms with van der Waals surface area (Å²) in [4.78, 5) is 37.9. The molecule has 0 aliphatic heterocycles. The molecule has 0 heterocycles. The molecule has 1 unspecified atom stereocenters. The molecule has 0 saturated heterocycles. The molecule has 0 aliphatic carbocycles. The lowest BCUT2D eigenvalue weighted by atomic mass is 9.99. The molecule has 2 atom stereocenters. The van der Waals surface area contributed by atoms with E-state index in [1.807, 2.05) is 0 Å². The SMILES string of the molecule is CCCCCCCCCCCCCC(=O)OC[C@@H](COC(=O)CCCCCCCCCCCCCCCCC(C)CC)OC(=O)CCCCCCCCCCC(C)C. The molecule has 0 fully saturated rings. The molecule has 6 heteroatoms. The van der Waals surface area contributed by atoms with Crippen molar-refractivity contribution in [3.63, 3.8) is 0 Å². The summed E-state index contributed by atoms with van der Waals surface area (Å²) in [6.07, 6.45) is 45.1. The fourth-order valence-electron chi connectivity index (χ4n) is 7.78. The van der Waals surface area contributed by atoms with E-state index >= 15 is 0 Å². The van der Waals surface area contributed by atoms with Gasteiger partial charge in [0, 0.05) is 19.3 Å². The van der Waals surface area contributed by atoms with Crippen molar-refractivity contribution in [1.29, 1.82) is 0 Å². The Morgan fingerprint density at radius 3 is 0.983 bits per heavy atom. The van der Waals surface area contributed by atoms with Gasteiger partial charge in [-0.25, -0.2) is 0 Å². The van der Waals surface area contributed by atoms with E-state index in [-0.39, 0.29) is 31.1 Å². The van der Waals surface area contributed by atoms with Crippen LogP contribution in [0.3, 0.4) is 0 Å². The average Bonchev–Trinajstić information content (AvgIpc) is 3.21. The summed E-state index contributed by atoms with van der Waals surface area (Å²) in [7, 11) is 0. The highest BCUT2D eigenvalue weighted by molar-refractivity contribution is 5.71. The summed E-state index contributed by atoms with van der Waals surface area (Å²) in [6.45, 7) is 11.4. The maximum absolute atomic E-state index is 12.7. The van der Waals surface area contributed by atoms with Gasteiger partial charge in [-0.05, 0) is 31.1 Å². The highest BCUT2D eigenvalue weighted by atomic mass is 16.6. The first-order valence-corrected chi connectivity index (χ1v) is 25.8. The Morgan fingerprint density at radius 2 is 0.655 bits per heavy atom. The lowest BCUT2D eigenvalue weighted by Gasteiger charge is -2.18. The molecule has 0 aromatic rings. The van der Waals surface area contributed by atoms with Gasteiger partial charge in [-0.2, -0.15) is 0 Å². The summed E-state index contributed by atoms with van der Waals surface area (Å²) in [6, 6.07) is 0. The number of hydrogen-bond acceptors (Lipinski definition) is 6. The van der Waals surface area contributed by atoms with Crippen LogP contribution in [-0.2, 0) is 28.6 Å². The Morgan fingerprint density at radius 1 is 0.362 bits per heavy atom. The summed E-state index contributed by atoms with van der Waals surface area (Å²) < 4.78 is 16.8. The first-order chi connectivity index (χ1) is 28.3. The highest BCUT2D eigenvalue weighted by Gasteiger charge is 2.19. The van der Waals surface area contributed by atoms with Crippen LogP contribution < -0.4 is 0 Å². The number of esters is 3. The van der Waals surface area contributed by atoms with E-state index in [0.29, 0.717) is 19.3 Å². The zero-order valence-electron chi connectivity index (χ0n) is 39.7. The van der Waals surface area contributed by atoms with Crippen molar-refractivity contribution < 1.29 is 28.6 Å². The molecule has 0 saturated carbocycles. The first-order valence-electron chi connectivity index (χ1n) is 25.8. The number of ether oxygens (including phenoxy) is 3. The third-order valence-corrected chi connectivity index (χ3v) is 12.1. The monoisotopic (exact) mass is 821 g/mol. The normalized spacial score (nSPS) is 12.5. The van der Waals surface area contributed by atoms with Crippen LogP contribution >= 0.6 is 0 Å². The largest absolute Gasteiger partial charge is 0.462 e. The quantitative estimate of drug-likeness (QED) is 0.0346. The predicted octanol–water partition coefficient (Wildman–Crippen LogP) is 16.5. The minimum absolute atomic E-state index is 0.0641. The smallest absolute Gasteiger partial charge is 0.306 e. The Hall–Kier alpha value is -1.59. The molecule has 0 aliphatic rings. The molecule has 0 bridgehead atoms. The van der Waals surface area contributed by atoms with Gasteiger partial charge < -0.3 is 14.2 Å².